The van der Waals surface area contributed by atoms with E-state index in [2.05, 4.69) is 38.9 Å². The van der Waals surface area contributed by atoms with Gasteiger partial charge in [-0.25, -0.2) is 0 Å². The molecular weight excluding hydrogens is 282 g/mol. The zero-order valence-corrected chi connectivity index (χ0v) is 13.6. The quantitative estimate of drug-likeness (QED) is 0.877. The molecule has 1 N–H and O–H groups in total. The molecule has 3 rings (SSSR count). The summed E-state index contributed by atoms with van der Waals surface area (Å²) < 4.78 is 0. The van der Waals surface area contributed by atoms with E-state index in [9.17, 15) is 4.79 Å². The number of rotatable bonds is 6. The molecule has 4 nitrogen and oxygen atoms in total. The Morgan fingerprint density at radius 2 is 2.14 bits per heavy atom. The van der Waals surface area contributed by atoms with Crippen LogP contribution in [-0.4, -0.2) is 47.9 Å². The van der Waals surface area contributed by atoms with E-state index in [4.69, 9.17) is 0 Å². The minimum atomic E-state index is -0.00141. The predicted octanol–water partition coefficient (Wildman–Crippen LogP) is 2.44. The number of nitrogens with zero attached hydrogens (tertiary/aromatic N) is 2. The largest absolute Gasteiger partial charge is 0.320 e. The molecule has 0 aromatic carbocycles. The second kappa shape index (κ2) is 6.90. The van der Waals surface area contributed by atoms with Crippen LogP contribution in [0.15, 0.2) is 16.8 Å². The van der Waals surface area contributed by atoms with Crippen molar-refractivity contribution in [2.75, 3.05) is 26.2 Å². The van der Waals surface area contributed by atoms with Crippen LogP contribution in [0.2, 0.25) is 0 Å². The molecule has 3 heterocycles. The van der Waals surface area contributed by atoms with E-state index >= 15 is 0 Å². The van der Waals surface area contributed by atoms with Gasteiger partial charge in [0.2, 0.25) is 5.91 Å². The summed E-state index contributed by atoms with van der Waals surface area (Å²) in [5, 5.41) is 7.78. The number of amides is 1. The normalized spacial score (nSPS) is 26.9. The molecule has 1 aromatic heterocycles. The van der Waals surface area contributed by atoms with Crippen molar-refractivity contribution in [1.29, 1.82) is 0 Å². The highest BCUT2D eigenvalue weighted by molar-refractivity contribution is 7.07. The van der Waals surface area contributed by atoms with Crippen LogP contribution in [0.3, 0.4) is 0 Å². The smallest absolute Gasteiger partial charge is 0.241 e. The lowest BCUT2D eigenvalue weighted by molar-refractivity contribution is -0.130. The maximum atomic E-state index is 12.7. The monoisotopic (exact) mass is 307 g/mol. The molecule has 21 heavy (non-hydrogen) atoms. The van der Waals surface area contributed by atoms with Crippen LogP contribution >= 0.6 is 11.3 Å². The number of hydrogen-bond donors (Lipinski definition) is 1. The lowest BCUT2D eigenvalue weighted by atomic mass is 10.2. The van der Waals surface area contributed by atoms with Gasteiger partial charge in [-0.1, -0.05) is 13.3 Å². The maximum absolute atomic E-state index is 12.7. The Morgan fingerprint density at radius 1 is 1.33 bits per heavy atom. The van der Waals surface area contributed by atoms with Gasteiger partial charge in [0.05, 0.1) is 6.04 Å². The van der Waals surface area contributed by atoms with E-state index in [1.807, 2.05) is 0 Å². The topological polar surface area (TPSA) is 35.6 Å². The zero-order chi connectivity index (χ0) is 14.7. The van der Waals surface area contributed by atoms with Crippen molar-refractivity contribution < 1.29 is 4.79 Å². The van der Waals surface area contributed by atoms with Crippen LogP contribution in [0.1, 0.15) is 44.3 Å². The maximum Gasteiger partial charge on any atom is 0.241 e. The van der Waals surface area contributed by atoms with Crippen LogP contribution in [0, 0.1) is 0 Å². The summed E-state index contributed by atoms with van der Waals surface area (Å²) in [5.74, 6) is 0.284. The Labute approximate surface area is 131 Å². The molecule has 2 saturated heterocycles. The fourth-order valence-electron chi connectivity index (χ4n) is 3.38. The van der Waals surface area contributed by atoms with Crippen molar-refractivity contribution >= 4 is 17.2 Å². The molecule has 0 bridgehead atoms. The van der Waals surface area contributed by atoms with Gasteiger partial charge >= 0.3 is 0 Å². The van der Waals surface area contributed by atoms with Gasteiger partial charge in [-0.2, -0.15) is 11.3 Å². The van der Waals surface area contributed by atoms with E-state index in [0.29, 0.717) is 0 Å². The Kier molecular flexibility index (Phi) is 4.93. The number of hydrogen-bond acceptors (Lipinski definition) is 4. The Balaban J connectivity index is 1.68. The van der Waals surface area contributed by atoms with E-state index in [1.165, 1.54) is 31.5 Å². The lowest BCUT2D eigenvalue weighted by Gasteiger charge is -2.26. The van der Waals surface area contributed by atoms with Crippen molar-refractivity contribution in [3.05, 3.63) is 22.4 Å². The highest BCUT2D eigenvalue weighted by Crippen LogP contribution is 2.28. The summed E-state index contributed by atoms with van der Waals surface area (Å²) in [6, 6.07) is 2.13. The summed E-state index contributed by atoms with van der Waals surface area (Å²) in [6.07, 6.45) is 4.65. The van der Waals surface area contributed by atoms with E-state index in [1.54, 1.807) is 11.3 Å². The van der Waals surface area contributed by atoms with Crippen molar-refractivity contribution in [3.8, 4) is 0 Å². The molecule has 0 spiro atoms. The molecule has 1 amide bonds. The van der Waals surface area contributed by atoms with Gasteiger partial charge in [0.25, 0.3) is 0 Å². The molecule has 5 heteroatoms. The number of carbonyl (C=O) groups is 1. The van der Waals surface area contributed by atoms with Gasteiger partial charge in [0.1, 0.15) is 6.17 Å². The number of carbonyl (C=O) groups excluding carboxylic acids is 1. The van der Waals surface area contributed by atoms with Crippen molar-refractivity contribution in [3.63, 3.8) is 0 Å². The first-order valence-corrected chi connectivity index (χ1v) is 9.05. The molecule has 0 radical (unpaired) electrons. The molecule has 0 aliphatic carbocycles. The molecule has 116 valence electrons. The van der Waals surface area contributed by atoms with Crippen LogP contribution in [-0.2, 0) is 4.79 Å². The van der Waals surface area contributed by atoms with Gasteiger partial charge in [-0.3, -0.25) is 10.1 Å². The van der Waals surface area contributed by atoms with E-state index in [-0.39, 0.29) is 18.1 Å². The number of thiophene rings is 1. The Bertz CT molecular complexity index is 456. The second-order valence-electron chi connectivity index (χ2n) is 6.05. The third-order valence-electron chi connectivity index (χ3n) is 4.54. The third kappa shape index (κ3) is 3.30. The lowest BCUT2D eigenvalue weighted by Crippen LogP contribution is -2.37. The molecule has 2 aliphatic heterocycles. The summed E-state index contributed by atoms with van der Waals surface area (Å²) >= 11 is 1.70. The van der Waals surface area contributed by atoms with Crippen molar-refractivity contribution in [2.45, 2.75) is 44.8 Å². The number of likely N-dealkylation sites (tertiary alicyclic amines) is 1. The van der Waals surface area contributed by atoms with Crippen LogP contribution < -0.4 is 5.32 Å². The highest BCUT2D eigenvalue weighted by atomic mass is 32.1. The van der Waals surface area contributed by atoms with Crippen LogP contribution in [0.25, 0.3) is 0 Å². The first kappa shape index (κ1) is 15.0. The summed E-state index contributed by atoms with van der Waals surface area (Å²) in [5.41, 5.74) is 1.23. The average Bonchev–Trinajstić information content (AvgIpc) is 3.20. The molecular formula is C16H25N3OS. The molecule has 0 saturated carbocycles. The molecule has 2 unspecified atom stereocenters. The zero-order valence-electron chi connectivity index (χ0n) is 12.8. The first-order valence-electron chi connectivity index (χ1n) is 8.10. The molecule has 1 aromatic rings. The minimum Gasteiger partial charge on any atom is -0.320 e. The fourth-order valence-corrected chi connectivity index (χ4v) is 4.06. The summed E-state index contributed by atoms with van der Waals surface area (Å²) in [7, 11) is 0. The van der Waals surface area contributed by atoms with Crippen molar-refractivity contribution in [2.24, 2.45) is 0 Å². The van der Waals surface area contributed by atoms with E-state index in [0.717, 1.165) is 25.9 Å². The number of nitrogens with one attached hydrogen (secondary N) is 1. The SMILES string of the molecule is CCCC1NC(c2ccsc2)N(CCN2CCCC2)C1=O. The van der Waals surface area contributed by atoms with Gasteiger partial charge < -0.3 is 9.80 Å². The van der Waals surface area contributed by atoms with Crippen LogP contribution in [0.5, 0.6) is 0 Å². The molecule has 2 fully saturated rings. The van der Waals surface area contributed by atoms with Gasteiger partial charge in [0.15, 0.2) is 0 Å². The standard InChI is InChI=1S/C16H25N3OS/c1-2-5-14-16(20)19(10-9-18-7-3-4-8-18)15(17-14)13-6-11-21-12-13/h6,11-12,14-15,17H,2-5,7-10H2,1H3. The highest BCUT2D eigenvalue weighted by Gasteiger charge is 2.39. The summed E-state index contributed by atoms with van der Waals surface area (Å²) in [6.45, 7) is 6.37. The predicted molar refractivity (Wildman–Crippen MR) is 86.3 cm³/mol. The first-order chi connectivity index (χ1) is 10.3. The van der Waals surface area contributed by atoms with Gasteiger partial charge in [-0.05, 0) is 54.7 Å². The Morgan fingerprint density at radius 3 is 2.81 bits per heavy atom. The molecule has 2 aliphatic rings. The van der Waals surface area contributed by atoms with Gasteiger partial charge in [0, 0.05) is 13.1 Å². The minimum absolute atomic E-state index is 0.00141. The van der Waals surface area contributed by atoms with Crippen molar-refractivity contribution in [1.82, 2.24) is 15.1 Å². The molecule has 2 atom stereocenters. The third-order valence-corrected chi connectivity index (χ3v) is 5.25. The van der Waals surface area contributed by atoms with E-state index < -0.39 is 0 Å². The fraction of sp³-hybridized carbons (Fsp3) is 0.688. The Hall–Kier alpha value is -0.910. The van der Waals surface area contributed by atoms with Gasteiger partial charge in [-0.15, -0.1) is 0 Å². The van der Waals surface area contributed by atoms with Crippen LogP contribution in [0.4, 0.5) is 0 Å². The average molecular weight is 307 g/mol. The second-order valence-corrected chi connectivity index (χ2v) is 6.83. The summed E-state index contributed by atoms with van der Waals surface area (Å²) in [4.78, 5) is 17.2.